The van der Waals surface area contributed by atoms with E-state index in [1.165, 1.54) is 22.2 Å². The summed E-state index contributed by atoms with van der Waals surface area (Å²) in [5.74, 6) is 0.551. The molecule has 2 heterocycles. The molecule has 0 unspecified atom stereocenters. The number of aromatic amines is 1. The Hall–Kier alpha value is -1.81. The van der Waals surface area contributed by atoms with E-state index in [1.807, 2.05) is 0 Å². The standard InChI is InChI=1S/C20H29N3O/c1-4-16(5-2)20(24)23-12-10-22(11-13-23)14-18-15(3)21-19-9-7-6-8-17(18)19/h6-9,16,21H,4-5,10-14H2,1-3H3. The summed E-state index contributed by atoms with van der Waals surface area (Å²) in [5, 5.41) is 1.32. The minimum atomic E-state index is 0.201. The number of piperazine rings is 1. The first-order valence-electron chi connectivity index (χ1n) is 9.21. The highest BCUT2D eigenvalue weighted by Gasteiger charge is 2.26. The van der Waals surface area contributed by atoms with Gasteiger partial charge in [-0.2, -0.15) is 0 Å². The van der Waals surface area contributed by atoms with Crippen LogP contribution in [0.4, 0.5) is 0 Å². The number of fused-ring (bicyclic) bond motifs is 1. The van der Waals surface area contributed by atoms with Crippen LogP contribution in [0.25, 0.3) is 10.9 Å². The third kappa shape index (κ3) is 3.34. The molecule has 1 fully saturated rings. The number of nitrogens with one attached hydrogen (secondary N) is 1. The molecule has 1 saturated heterocycles. The van der Waals surface area contributed by atoms with Crippen LogP contribution in [-0.4, -0.2) is 46.9 Å². The quantitative estimate of drug-likeness (QED) is 0.912. The lowest BCUT2D eigenvalue weighted by Gasteiger charge is -2.36. The zero-order valence-electron chi connectivity index (χ0n) is 15.1. The van der Waals surface area contributed by atoms with Gasteiger partial charge in [-0.1, -0.05) is 32.0 Å². The van der Waals surface area contributed by atoms with Gasteiger partial charge in [0.05, 0.1) is 0 Å². The Morgan fingerprint density at radius 2 is 1.79 bits per heavy atom. The van der Waals surface area contributed by atoms with Gasteiger partial charge in [0.15, 0.2) is 0 Å². The van der Waals surface area contributed by atoms with Gasteiger partial charge >= 0.3 is 0 Å². The minimum Gasteiger partial charge on any atom is -0.358 e. The molecule has 1 N–H and O–H groups in total. The number of carbonyl (C=O) groups excluding carboxylic acids is 1. The first-order chi connectivity index (χ1) is 11.6. The van der Waals surface area contributed by atoms with E-state index in [1.54, 1.807) is 0 Å². The number of aromatic nitrogens is 1. The van der Waals surface area contributed by atoms with Crippen molar-refractivity contribution < 1.29 is 4.79 Å². The Kier molecular flexibility index (Phi) is 5.24. The molecule has 1 aliphatic rings. The summed E-state index contributed by atoms with van der Waals surface area (Å²) in [7, 11) is 0. The van der Waals surface area contributed by atoms with Crippen molar-refractivity contribution in [3.8, 4) is 0 Å². The van der Waals surface area contributed by atoms with Crippen molar-refractivity contribution in [1.29, 1.82) is 0 Å². The molecule has 1 aromatic carbocycles. The molecule has 2 aromatic rings. The first-order valence-corrected chi connectivity index (χ1v) is 9.21. The number of nitrogens with zero attached hydrogens (tertiary/aromatic N) is 2. The number of hydrogen-bond donors (Lipinski definition) is 1. The van der Waals surface area contributed by atoms with Gasteiger partial charge in [0, 0.05) is 55.2 Å². The highest BCUT2D eigenvalue weighted by atomic mass is 16.2. The van der Waals surface area contributed by atoms with Gasteiger partial charge in [0.1, 0.15) is 0 Å². The van der Waals surface area contributed by atoms with Crippen LogP contribution in [0.5, 0.6) is 0 Å². The van der Waals surface area contributed by atoms with E-state index in [0.717, 1.165) is 45.6 Å². The Morgan fingerprint density at radius 1 is 1.12 bits per heavy atom. The first kappa shape index (κ1) is 17.0. The largest absolute Gasteiger partial charge is 0.358 e. The molecule has 0 atom stereocenters. The number of rotatable bonds is 5. The van der Waals surface area contributed by atoms with Crippen LogP contribution in [0, 0.1) is 12.8 Å². The molecule has 3 rings (SSSR count). The van der Waals surface area contributed by atoms with E-state index in [0.29, 0.717) is 5.91 Å². The highest BCUT2D eigenvalue weighted by Crippen LogP contribution is 2.24. The zero-order valence-corrected chi connectivity index (χ0v) is 15.1. The van der Waals surface area contributed by atoms with E-state index in [4.69, 9.17) is 0 Å². The molecule has 1 aliphatic heterocycles. The fraction of sp³-hybridized carbons (Fsp3) is 0.550. The fourth-order valence-electron chi connectivity index (χ4n) is 3.78. The van der Waals surface area contributed by atoms with Crippen LogP contribution in [-0.2, 0) is 11.3 Å². The van der Waals surface area contributed by atoms with Gasteiger partial charge in [-0.25, -0.2) is 0 Å². The van der Waals surface area contributed by atoms with Crippen LogP contribution in [0.15, 0.2) is 24.3 Å². The van der Waals surface area contributed by atoms with Crippen molar-refractivity contribution in [2.45, 2.75) is 40.2 Å². The number of para-hydroxylation sites is 1. The molecule has 1 amide bonds. The highest BCUT2D eigenvalue weighted by molar-refractivity contribution is 5.84. The van der Waals surface area contributed by atoms with Crippen LogP contribution in [0.1, 0.15) is 37.9 Å². The number of benzene rings is 1. The molecular formula is C20H29N3O. The Balaban J connectivity index is 1.63. The third-order valence-corrected chi connectivity index (χ3v) is 5.43. The number of aryl methyl sites for hydroxylation is 1. The van der Waals surface area contributed by atoms with Gasteiger partial charge in [-0.05, 0) is 31.4 Å². The third-order valence-electron chi connectivity index (χ3n) is 5.43. The monoisotopic (exact) mass is 327 g/mol. The topological polar surface area (TPSA) is 39.3 Å². The second kappa shape index (κ2) is 7.39. The number of H-pyrrole nitrogens is 1. The molecule has 0 aliphatic carbocycles. The second-order valence-electron chi connectivity index (χ2n) is 6.89. The second-order valence-corrected chi connectivity index (χ2v) is 6.89. The van der Waals surface area contributed by atoms with Crippen molar-refractivity contribution in [2.75, 3.05) is 26.2 Å². The van der Waals surface area contributed by atoms with Crippen LogP contribution in [0.3, 0.4) is 0 Å². The zero-order chi connectivity index (χ0) is 17.1. The maximum Gasteiger partial charge on any atom is 0.225 e. The lowest BCUT2D eigenvalue weighted by Crippen LogP contribution is -2.49. The van der Waals surface area contributed by atoms with Crippen molar-refractivity contribution in [3.05, 3.63) is 35.5 Å². The maximum absolute atomic E-state index is 12.5. The molecule has 0 saturated carbocycles. The molecular weight excluding hydrogens is 298 g/mol. The van der Waals surface area contributed by atoms with E-state index < -0.39 is 0 Å². The summed E-state index contributed by atoms with van der Waals surface area (Å²) in [4.78, 5) is 20.5. The average Bonchev–Trinajstić information content (AvgIpc) is 2.92. The number of carbonyl (C=O) groups is 1. The van der Waals surface area contributed by atoms with Crippen molar-refractivity contribution in [1.82, 2.24) is 14.8 Å². The molecule has 0 radical (unpaired) electrons. The molecule has 130 valence electrons. The van der Waals surface area contributed by atoms with Gasteiger partial charge in [-0.15, -0.1) is 0 Å². The lowest BCUT2D eigenvalue weighted by molar-refractivity contribution is -0.137. The van der Waals surface area contributed by atoms with Crippen molar-refractivity contribution >= 4 is 16.8 Å². The molecule has 4 nitrogen and oxygen atoms in total. The average molecular weight is 327 g/mol. The summed E-state index contributed by atoms with van der Waals surface area (Å²) in [6, 6.07) is 8.51. The maximum atomic E-state index is 12.5. The van der Waals surface area contributed by atoms with E-state index in [-0.39, 0.29) is 5.92 Å². The fourth-order valence-corrected chi connectivity index (χ4v) is 3.78. The molecule has 0 bridgehead atoms. The predicted molar refractivity (Wildman–Crippen MR) is 99.0 cm³/mol. The SMILES string of the molecule is CCC(CC)C(=O)N1CCN(Cc2c(C)[nH]c3ccccc23)CC1. The summed E-state index contributed by atoms with van der Waals surface area (Å²) >= 11 is 0. The van der Waals surface area contributed by atoms with E-state index >= 15 is 0 Å². The molecule has 24 heavy (non-hydrogen) atoms. The van der Waals surface area contributed by atoms with Crippen LogP contribution >= 0.6 is 0 Å². The molecule has 0 spiro atoms. The van der Waals surface area contributed by atoms with Crippen LogP contribution < -0.4 is 0 Å². The normalized spacial score (nSPS) is 16.2. The number of amides is 1. The van der Waals surface area contributed by atoms with Gasteiger partial charge in [-0.3, -0.25) is 9.69 Å². The van der Waals surface area contributed by atoms with Crippen molar-refractivity contribution in [3.63, 3.8) is 0 Å². The van der Waals surface area contributed by atoms with Gasteiger partial charge in [0.25, 0.3) is 0 Å². The Morgan fingerprint density at radius 3 is 2.46 bits per heavy atom. The summed E-state index contributed by atoms with van der Waals surface area (Å²) < 4.78 is 0. The lowest BCUT2D eigenvalue weighted by atomic mass is 10.0. The Bertz CT molecular complexity index is 694. The minimum absolute atomic E-state index is 0.201. The predicted octanol–water partition coefficient (Wildman–Crippen LogP) is 3.56. The smallest absolute Gasteiger partial charge is 0.225 e. The Labute approximate surface area is 144 Å². The van der Waals surface area contributed by atoms with Crippen molar-refractivity contribution in [2.24, 2.45) is 5.92 Å². The van der Waals surface area contributed by atoms with Crippen LogP contribution in [0.2, 0.25) is 0 Å². The van der Waals surface area contributed by atoms with E-state index in [2.05, 4.69) is 59.8 Å². The van der Waals surface area contributed by atoms with E-state index in [9.17, 15) is 4.79 Å². The summed E-state index contributed by atoms with van der Waals surface area (Å²) in [6.45, 7) is 11.0. The summed E-state index contributed by atoms with van der Waals surface area (Å²) in [5.41, 5.74) is 3.87. The molecule has 4 heteroatoms. The number of hydrogen-bond acceptors (Lipinski definition) is 2. The summed E-state index contributed by atoms with van der Waals surface area (Å²) in [6.07, 6.45) is 1.90. The van der Waals surface area contributed by atoms with Gasteiger partial charge < -0.3 is 9.88 Å². The molecule has 1 aromatic heterocycles. The van der Waals surface area contributed by atoms with Gasteiger partial charge in [0.2, 0.25) is 5.91 Å².